The average molecular weight is 196 g/mol. The van der Waals surface area contributed by atoms with Crippen LogP contribution >= 0.6 is 0 Å². The molecule has 0 saturated heterocycles. The molecule has 0 bridgehead atoms. The summed E-state index contributed by atoms with van der Waals surface area (Å²) in [6.07, 6.45) is 8.24. The number of carboxylic acids is 1. The third kappa shape index (κ3) is 3.52. The number of aliphatic carboxylic acids is 1. The molecule has 1 saturated carbocycles. The molecule has 0 aromatic carbocycles. The lowest BCUT2D eigenvalue weighted by Gasteiger charge is -2.08. The molecule has 0 aromatic rings. The zero-order valence-electron chi connectivity index (χ0n) is 9.12. The lowest BCUT2D eigenvalue weighted by molar-refractivity contribution is -0.141. The minimum Gasteiger partial charge on any atom is -0.481 e. The van der Waals surface area contributed by atoms with Crippen molar-refractivity contribution in [3.8, 4) is 0 Å². The molecule has 1 aliphatic rings. The fourth-order valence-corrected chi connectivity index (χ4v) is 2.16. The topological polar surface area (TPSA) is 37.3 Å². The van der Waals surface area contributed by atoms with E-state index in [1.54, 1.807) is 6.92 Å². The van der Waals surface area contributed by atoms with Crippen molar-refractivity contribution < 1.29 is 9.90 Å². The third-order valence-corrected chi connectivity index (χ3v) is 2.97. The van der Waals surface area contributed by atoms with Crippen molar-refractivity contribution in [2.45, 2.75) is 46.0 Å². The SMILES string of the molecule is C/C(=C\C1CCCC1)CC(C)C(=O)O. The minimum atomic E-state index is -0.691. The molecule has 0 heterocycles. The van der Waals surface area contributed by atoms with Crippen molar-refractivity contribution in [2.24, 2.45) is 11.8 Å². The quantitative estimate of drug-likeness (QED) is 0.701. The van der Waals surface area contributed by atoms with Crippen molar-refractivity contribution in [3.63, 3.8) is 0 Å². The first-order valence-corrected chi connectivity index (χ1v) is 5.49. The second kappa shape index (κ2) is 5.18. The summed E-state index contributed by atoms with van der Waals surface area (Å²) in [7, 11) is 0. The maximum atomic E-state index is 10.6. The van der Waals surface area contributed by atoms with Gasteiger partial charge in [0.2, 0.25) is 0 Å². The first-order chi connectivity index (χ1) is 6.59. The van der Waals surface area contributed by atoms with Crippen LogP contribution in [0.2, 0.25) is 0 Å². The zero-order valence-corrected chi connectivity index (χ0v) is 9.12. The summed E-state index contributed by atoms with van der Waals surface area (Å²) in [4.78, 5) is 10.6. The first kappa shape index (κ1) is 11.3. The molecule has 1 rings (SSSR count). The highest BCUT2D eigenvalue weighted by atomic mass is 16.4. The summed E-state index contributed by atoms with van der Waals surface area (Å²) in [5.74, 6) is -0.215. The van der Waals surface area contributed by atoms with E-state index in [4.69, 9.17) is 5.11 Å². The molecule has 1 N–H and O–H groups in total. The molecule has 1 unspecified atom stereocenters. The molecule has 2 heteroatoms. The minimum absolute atomic E-state index is 0.243. The van der Waals surface area contributed by atoms with E-state index in [1.807, 2.05) is 0 Å². The fourth-order valence-electron chi connectivity index (χ4n) is 2.16. The molecule has 1 atom stereocenters. The number of rotatable bonds is 4. The summed E-state index contributed by atoms with van der Waals surface area (Å²) in [6.45, 7) is 3.83. The van der Waals surface area contributed by atoms with Crippen LogP contribution < -0.4 is 0 Å². The van der Waals surface area contributed by atoms with Crippen LogP contribution in [-0.4, -0.2) is 11.1 Å². The lowest BCUT2D eigenvalue weighted by atomic mass is 9.98. The van der Waals surface area contributed by atoms with Crippen molar-refractivity contribution in [2.75, 3.05) is 0 Å². The third-order valence-electron chi connectivity index (χ3n) is 2.97. The average Bonchev–Trinajstić information content (AvgIpc) is 2.56. The van der Waals surface area contributed by atoms with Crippen molar-refractivity contribution in [3.05, 3.63) is 11.6 Å². The van der Waals surface area contributed by atoms with E-state index in [1.165, 1.54) is 31.3 Å². The Kier molecular flexibility index (Phi) is 4.18. The molecule has 2 nitrogen and oxygen atoms in total. The maximum absolute atomic E-state index is 10.6. The van der Waals surface area contributed by atoms with E-state index in [9.17, 15) is 4.79 Å². The molecule has 0 radical (unpaired) electrons. The maximum Gasteiger partial charge on any atom is 0.306 e. The summed E-state index contributed by atoms with van der Waals surface area (Å²) >= 11 is 0. The number of hydrogen-bond donors (Lipinski definition) is 1. The van der Waals surface area contributed by atoms with Gasteiger partial charge in [-0.2, -0.15) is 0 Å². The molecular weight excluding hydrogens is 176 g/mol. The van der Waals surface area contributed by atoms with Crippen LogP contribution in [0.1, 0.15) is 46.0 Å². The standard InChI is InChI=1S/C12H20O2/c1-9(7-10(2)12(13)14)8-11-5-3-4-6-11/h8,10-11H,3-7H2,1-2H3,(H,13,14)/b9-8+. The summed E-state index contributed by atoms with van der Waals surface area (Å²) in [5.41, 5.74) is 1.24. The van der Waals surface area contributed by atoms with Gasteiger partial charge in [-0.3, -0.25) is 4.79 Å². The van der Waals surface area contributed by atoms with E-state index in [0.717, 1.165) is 5.92 Å². The molecule has 0 aliphatic heterocycles. The Hall–Kier alpha value is -0.790. The predicted molar refractivity (Wildman–Crippen MR) is 57.1 cm³/mol. The Balaban J connectivity index is 2.39. The lowest BCUT2D eigenvalue weighted by Crippen LogP contribution is -2.09. The summed E-state index contributed by atoms with van der Waals surface area (Å²) in [6, 6.07) is 0. The smallest absolute Gasteiger partial charge is 0.306 e. The van der Waals surface area contributed by atoms with Crippen LogP contribution in [0.25, 0.3) is 0 Å². The van der Waals surface area contributed by atoms with Gasteiger partial charge in [0.15, 0.2) is 0 Å². The molecule has 1 fully saturated rings. The predicted octanol–water partition coefficient (Wildman–Crippen LogP) is 3.23. The second-order valence-electron chi connectivity index (χ2n) is 4.50. The molecular formula is C12H20O2. The molecule has 0 spiro atoms. The van der Waals surface area contributed by atoms with Gasteiger partial charge in [0.25, 0.3) is 0 Å². The monoisotopic (exact) mass is 196 g/mol. The molecule has 14 heavy (non-hydrogen) atoms. The van der Waals surface area contributed by atoms with Gasteiger partial charge in [0.05, 0.1) is 5.92 Å². The van der Waals surface area contributed by atoms with E-state index in [0.29, 0.717) is 6.42 Å². The van der Waals surface area contributed by atoms with Gasteiger partial charge in [-0.05, 0) is 32.1 Å². The molecule has 0 amide bonds. The van der Waals surface area contributed by atoms with E-state index < -0.39 is 5.97 Å². The van der Waals surface area contributed by atoms with Gasteiger partial charge in [-0.15, -0.1) is 0 Å². The number of carboxylic acid groups (broad SMARTS) is 1. The summed E-state index contributed by atoms with van der Waals surface area (Å²) < 4.78 is 0. The van der Waals surface area contributed by atoms with Crippen LogP contribution in [0.5, 0.6) is 0 Å². The van der Waals surface area contributed by atoms with Crippen molar-refractivity contribution >= 4 is 5.97 Å². The van der Waals surface area contributed by atoms with Gasteiger partial charge in [0.1, 0.15) is 0 Å². The molecule has 1 aliphatic carbocycles. The Morgan fingerprint density at radius 2 is 2.07 bits per heavy atom. The van der Waals surface area contributed by atoms with E-state index in [2.05, 4.69) is 13.0 Å². The van der Waals surface area contributed by atoms with E-state index in [-0.39, 0.29) is 5.92 Å². The Morgan fingerprint density at radius 3 is 2.57 bits per heavy atom. The highest BCUT2D eigenvalue weighted by Crippen LogP contribution is 2.27. The van der Waals surface area contributed by atoms with Crippen LogP contribution in [0.3, 0.4) is 0 Å². The summed E-state index contributed by atoms with van der Waals surface area (Å²) in [5, 5.41) is 8.76. The van der Waals surface area contributed by atoms with Crippen molar-refractivity contribution in [1.29, 1.82) is 0 Å². The fraction of sp³-hybridized carbons (Fsp3) is 0.750. The van der Waals surface area contributed by atoms with Gasteiger partial charge in [-0.25, -0.2) is 0 Å². The Bertz CT molecular complexity index is 224. The highest BCUT2D eigenvalue weighted by molar-refractivity contribution is 5.69. The number of carbonyl (C=O) groups is 1. The second-order valence-corrected chi connectivity index (χ2v) is 4.50. The van der Waals surface area contributed by atoms with Crippen LogP contribution in [0.4, 0.5) is 0 Å². The van der Waals surface area contributed by atoms with Crippen LogP contribution in [0.15, 0.2) is 11.6 Å². The van der Waals surface area contributed by atoms with E-state index >= 15 is 0 Å². The zero-order chi connectivity index (χ0) is 10.6. The first-order valence-electron chi connectivity index (χ1n) is 5.49. The number of allylic oxidation sites excluding steroid dienone is 2. The largest absolute Gasteiger partial charge is 0.481 e. The highest BCUT2D eigenvalue weighted by Gasteiger charge is 2.15. The van der Waals surface area contributed by atoms with Gasteiger partial charge in [0, 0.05) is 0 Å². The van der Waals surface area contributed by atoms with Gasteiger partial charge < -0.3 is 5.11 Å². The van der Waals surface area contributed by atoms with Crippen LogP contribution in [-0.2, 0) is 4.79 Å². The molecule has 80 valence electrons. The van der Waals surface area contributed by atoms with Gasteiger partial charge in [-0.1, -0.05) is 31.4 Å². The van der Waals surface area contributed by atoms with Crippen molar-refractivity contribution in [1.82, 2.24) is 0 Å². The Morgan fingerprint density at radius 1 is 1.50 bits per heavy atom. The van der Waals surface area contributed by atoms with Crippen LogP contribution in [0, 0.1) is 11.8 Å². The normalized spacial score (nSPS) is 21.1. The van der Waals surface area contributed by atoms with Gasteiger partial charge >= 0.3 is 5.97 Å². The molecule has 0 aromatic heterocycles. The number of hydrogen-bond acceptors (Lipinski definition) is 1. The Labute approximate surface area is 86.0 Å².